The number of benzene rings is 2. The molecular weight excluding hydrogens is 362 g/mol. The summed E-state index contributed by atoms with van der Waals surface area (Å²) >= 11 is 0. The van der Waals surface area contributed by atoms with Crippen molar-refractivity contribution in [3.05, 3.63) is 83.3 Å². The molecule has 140 valence electrons. The SMILES string of the molecule is COc1ccc(CNC(=O)c2ccc(CS(=O)c3ccccc3C)o2)cc1. The number of hydrogen-bond acceptors (Lipinski definition) is 4. The van der Waals surface area contributed by atoms with Gasteiger partial charge < -0.3 is 14.5 Å². The third-order valence-electron chi connectivity index (χ3n) is 4.11. The van der Waals surface area contributed by atoms with Gasteiger partial charge >= 0.3 is 0 Å². The zero-order valence-electron chi connectivity index (χ0n) is 15.2. The van der Waals surface area contributed by atoms with Gasteiger partial charge in [0.15, 0.2) is 5.76 Å². The quantitative estimate of drug-likeness (QED) is 0.673. The van der Waals surface area contributed by atoms with Crippen molar-refractivity contribution in [2.75, 3.05) is 7.11 Å². The van der Waals surface area contributed by atoms with Gasteiger partial charge in [-0.05, 0) is 48.4 Å². The predicted molar refractivity (Wildman–Crippen MR) is 104 cm³/mol. The molecule has 0 radical (unpaired) electrons. The molecule has 3 aromatic rings. The minimum atomic E-state index is -1.22. The molecule has 0 aliphatic rings. The smallest absolute Gasteiger partial charge is 0.287 e. The molecule has 0 saturated heterocycles. The molecule has 0 fully saturated rings. The van der Waals surface area contributed by atoms with Gasteiger partial charge in [-0.25, -0.2) is 0 Å². The monoisotopic (exact) mass is 383 g/mol. The van der Waals surface area contributed by atoms with Gasteiger partial charge in [-0.15, -0.1) is 0 Å². The third kappa shape index (κ3) is 4.86. The number of rotatable bonds is 7. The van der Waals surface area contributed by atoms with Gasteiger partial charge in [-0.2, -0.15) is 0 Å². The molecule has 5 nitrogen and oxygen atoms in total. The molecule has 3 rings (SSSR count). The topological polar surface area (TPSA) is 68.5 Å². The van der Waals surface area contributed by atoms with Crippen LogP contribution in [0.4, 0.5) is 0 Å². The van der Waals surface area contributed by atoms with E-state index in [-0.39, 0.29) is 17.4 Å². The van der Waals surface area contributed by atoms with Crippen LogP contribution in [0, 0.1) is 6.92 Å². The minimum absolute atomic E-state index is 0.209. The third-order valence-corrected chi connectivity index (χ3v) is 5.61. The number of amides is 1. The van der Waals surface area contributed by atoms with Crippen LogP contribution in [0.5, 0.6) is 5.75 Å². The van der Waals surface area contributed by atoms with Gasteiger partial charge in [-0.1, -0.05) is 30.3 Å². The van der Waals surface area contributed by atoms with Crippen LogP contribution >= 0.6 is 0 Å². The Morgan fingerprint density at radius 3 is 2.52 bits per heavy atom. The molecule has 0 aliphatic heterocycles. The van der Waals surface area contributed by atoms with Crippen molar-refractivity contribution in [3.63, 3.8) is 0 Å². The van der Waals surface area contributed by atoms with E-state index in [1.54, 1.807) is 19.2 Å². The van der Waals surface area contributed by atoms with Crippen LogP contribution in [0.3, 0.4) is 0 Å². The van der Waals surface area contributed by atoms with Crippen LogP contribution in [-0.2, 0) is 23.1 Å². The van der Waals surface area contributed by atoms with Crippen LogP contribution in [0.2, 0.25) is 0 Å². The Kier molecular flexibility index (Phi) is 6.08. The summed E-state index contributed by atoms with van der Waals surface area (Å²) in [7, 11) is 0.389. The summed E-state index contributed by atoms with van der Waals surface area (Å²) in [5, 5.41) is 2.81. The minimum Gasteiger partial charge on any atom is -0.497 e. The van der Waals surface area contributed by atoms with E-state index in [1.165, 1.54) is 0 Å². The molecule has 27 heavy (non-hydrogen) atoms. The van der Waals surface area contributed by atoms with Crippen molar-refractivity contribution < 1.29 is 18.2 Å². The van der Waals surface area contributed by atoms with E-state index in [4.69, 9.17) is 9.15 Å². The van der Waals surface area contributed by atoms with Gasteiger partial charge in [0.25, 0.3) is 5.91 Å². The Hall–Kier alpha value is -2.86. The largest absolute Gasteiger partial charge is 0.497 e. The number of carbonyl (C=O) groups is 1. The number of hydrogen-bond donors (Lipinski definition) is 1. The second kappa shape index (κ2) is 8.68. The van der Waals surface area contributed by atoms with Gasteiger partial charge in [-0.3, -0.25) is 9.00 Å². The van der Waals surface area contributed by atoms with Crippen molar-refractivity contribution in [3.8, 4) is 5.75 Å². The molecule has 1 atom stereocenters. The number of methoxy groups -OCH3 is 1. The highest BCUT2D eigenvalue weighted by molar-refractivity contribution is 7.84. The molecule has 0 saturated carbocycles. The molecule has 1 aromatic heterocycles. The summed E-state index contributed by atoms with van der Waals surface area (Å²) in [6, 6.07) is 18.3. The van der Waals surface area contributed by atoms with E-state index >= 15 is 0 Å². The second-order valence-electron chi connectivity index (χ2n) is 6.05. The van der Waals surface area contributed by atoms with Gasteiger partial charge in [0, 0.05) is 11.4 Å². The molecule has 0 bridgehead atoms. The van der Waals surface area contributed by atoms with Crippen LogP contribution in [0.15, 0.2) is 70.0 Å². The Morgan fingerprint density at radius 2 is 1.81 bits per heavy atom. The molecule has 1 heterocycles. The van der Waals surface area contributed by atoms with Crippen molar-refractivity contribution in [2.45, 2.75) is 24.1 Å². The lowest BCUT2D eigenvalue weighted by Gasteiger charge is -2.05. The molecular formula is C21H21NO4S. The molecule has 0 aliphatic carbocycles. The summed E-state index contributed by atoms with van der Waals surface area (Å²) in [5.41, 5.74) is 1.93. The van der Waals surface area contributed by atoms with Gasteiger partial charge in [0.05, 0.1) is 23.7 Å². The molecule has 1 amide bonds. The van der Waals surface area contributed by atoms with Crippen LogP contribution in [-0.4, -0.2) is 17.2 Å². The normalized spacial score (nSPS) is 11.8. The summed E-state index contributed by atoms with van der Waals surface area (Å²) in [5.74, 6) is 1.42. The highest BCUT2D eigenvalue weighted by atomic mass is 32.2. The standard InChI is InChI=1S/C21H21NO4S/c1-15-5-3-4-6-20(15)27(24)14-18-11-12-19(26-18)21(23)22-13-16-7-9-17(25-2)10-8-16/h3-12H,13-14H2,1-2H3,(H,22,23). The van der Waals surface area contributed by atoms with Crippen LogP contribution in [0.1, 0.15) is 27.4 Å². The van der Waals surface area contributed by atoms with Gasteiger partial charge in [0.1, 0.15) is 11.5 Å². The average Bonchev–Trinajstić information content (AvgIpc) is 3.15. The fourth-order valence-corrected chi connectivity index (χ4v) is 3.84. The molecule has 0 spiro atoms. The van der Waals surface area contributed by atoms with Crippen molar-refractivity contribution in [1.82, 2.24) is 5.32 Å². The van der Waals surface area contributed by atoms with E-state index in [2.05, 4.69) is 5.32 Å². The van der Waals surface area contributed by atoms with E-state index in [0.29, 0.717) is 12.3 Å². The Balaban J connectivity index is 1.58. The highest BCUT2D eigenvalue weighted by Crippen LogP contribution is 2.18. The molecule has 1 unspecified atom stereocenters. The fourth-order valence-electron chi connectivity index (χ4n) is 2.61. The number of carbonyl (C=O) groups excluding carboxylic acids is 1. The number of furan rings is 1. The first-order valence-corrected chi connectivity index (χ1v) is 9.82. The van der Waals surface area contributed by atoms with E-state index in [9.17, 15) is 9.00 Å². The lowest BCUT2D eigenvalue weighted by atomic mass is 10.2. The van der Waals surface area contributed by atoms with Crippen LogP contribution in [0.25, 0.3) is 0 Å². The van der Waals surface area contributed by atoms with E-state index in [1.807, 2.05) is 55.5 Å². The summed E-state index contributed by atoms with van der Waals surface area (Å²) in [6.07, 6.45) is 0. The maximum Gasteiger partial charge on any atom is 0.287 e. The van der Waals surface area contributed by atoms with Crippen molar-refractivity contribution >= 4 is 16.7 Å². The zero-order chi connectivity index (χ0) is 19.2. The Bertz CT molecular complexity index is 947. The number of aryl methyl sites for hydroxylation is 1. The van der Waals surface area contributed by atoms with E-state index in [0.717, 1.165) is 21.8 Å². The lowest BCUT2D eigenvalue weighted by molar-refractivity contribution is 0.0921. The zero-order valence-corrected chi connectivity index (χ0v) is 16.0. The van der Waals surface area contributed by atoms with Crippen molar-refractivity contribution in [1.29, 1.82) is 0 Å². The first-order chi connectivity index (χ1) is 13.1. The number of ether oxygens (including phenoxy) is 1. The Morgan fingerprint density at radius 1 is 1.07 bits per heavy atom. The molecule has 2 aromatic carbocycles. The summed E-state index contributed by atoms with van der Waals surface area (Å²) in [6.45, 7) is 2.31. The molecule has 6 heteroatoms. The summed E-state index contributed by atoms with van der Waals surface area (Å²) in [4.78, 5) is 13.0. The van der Waals surface area contributed by atoms with Crippen LogP contribution < -0.4 is 10.1 Å². The predicted octanol–water partition coefficient (Wildman–Crippen LogP) is 3.83. The maximum atomic E-state index is 12.5. The fraction of sp³-hybridized carbons (Fsp3) is 0.190. The first-order valence-electron chi connectivity index (χ1n) is 8.50. The highest BCUT2D eigenvalue weighted by Gasteiger charge is 2.14. The average molecular weight is 383 g/mol. The number of nitrogens with one attached hydrogen (secondary N) is 1. The Labute approximate surface area is 160 Å². The summed E-state index contributed by atoms with van der Waals surface area (Å²) < 4.78 is 23.2. The first kappa shape index (κ1) is 18.9. The second-order valence-corrected chi connectivity index (χ2v) is 7.47. The maximum absolute atomic E-state index is 12.5. The van der Waals surface area contributed by atoms with Crippen molar-refractivity contribution in [2.24, 2.45) is 0 Å². The lowest BCUT2D eigenvalue weighted by Crippen LogP contribution is -2.22. The van der Waals surface area contributed by atoms with E-state index < -0.39 is 10.8 Å². The molecule has 1 N–H and O–H groups in total. The van der Waals surface area contributed by atoms with Gasteiger partial charge in [0.2, 0.25) is 0 Å².